The predicted molar refractivity (Wildman–Crippen MR) is 53.6 cm³/mol. The molecule has 0 N–H and O–H groups in total. The maximum atomic E-state index is 8.88. The number of rotatable bonds is 1. The highest BCUT2D eigenvalue weighted by molar-refractivity contribution is 5.86. The summed E-state index contributed by atoms with van der Waals surface area (Å²) in [7, 11) is 0. The topological polar surface area (TPSA) is 49.6 Å². The zero-order valence-electron chi connectivity index (χ0n) is 7.86. The lowest BCUT2D eigenvalue weighted by atomic mass is 10.0. The minimum Gasteiger partial charge on any atom is -0.192 e. The Hall–Kier alpha value is -1.95. The molecule has 0 aliphatic heterocycles. The monoisotopic (exact) mass is 183 g/mol. The summed E-state index contributed by atoms with van der Waals surface area (Å²) in [6.07, 6.45) is 2.59. The van der Waals surface area contributed by atoms with Crippen molar-refractivity contribution in [3.05, 3.63) is 35.5 Å². The molecule has 0 amide bonds. The molecule has 1 aromatic heterocycles. The van der Waals surface area contributed by atoms with E-state index in [4.69, 9.17) is 5.26 Å². The fraction of sp³-hybridized carbons (Fsp3) is 0.182. The molecule has 1 heterocycles. The quantitative estimate of drug-likeness (QED) is 0.680. The SMILES string of the molecule is CCc1ccc(C#N)c2nnccc12. The lowest BCUT2D eigenvalue weighted by molar-refractivity contribution is 1.06. The highest BCUT2D eigenvalue weighted by atomic mass is 15.1. The lowest BCUT2D eigenvalue weighted by Gasteiger charge is -2.03. The van der Waals surface area contributed by atoms with Gasteiger partial charge in [0.15, 0.2) is 0 Å². The van der Waals surface area contributed by atoms with Crippen molar-refractivity contribution in [3.8, 4) is 6.07 Å². The third kappa shape index (κ3) is 1.21. The van der Waals surface area contributed by atoms with Gasteiger partial charge in [0.25, 0.3) is 0 Å². The molecule has 3 heteroatoms. The van der Waals surface area contributed by atoms with Gasteiger partial charge in [-0.05, 0) is 24.1 Å². The molecule has 0 aliphatic carbocycles. The van der Waals surface area contributed by atoms with E-state index in [0.717, 1.165) is 11.8 Å². The Balaban J connectivity index is 2.87. The van der Waals surface area contributed by atoms with E-state index < -0.39 is 0 Å². The van der Waals surface area contributed by atoms with Crippen molar-refractivity contribution in [2.45, 2.75) is 13.3 Å². The van der Waals surface area contributed by atoms with E-state index in [0.29, 0.717) is 11.1 Å². The Morgan fingerprint density at radius 3 is 2.93 bits per heavy atom. The molecule has 2 aromatic rings. The van der Waals surface area contributed by atoms with Crippen LogP contribution >= 0.6 is 0 Å². The van der Waals surface area contributed by atoms with E-state index in [1.807, 2.05) is 12.1 Å². The van der Waals surface area contributed by atoms with E-state index in [9.17, 15) is 0 Å². The molecule has 0 atom stereocenters. The van der Waals surface area contributed by atoms with Gasteiger partial charge in [0, 0.05) is 5.39 Å². The number of nitrogens with zero attached hydrogens (tertiary/aromatic N) is 3. The fourth-order valence-corrected chi connectivity index (χ4v) is 1.54. The van der Waals surface area contributed by atoms with Crippen LogP contribution in [0.15, 0.2) is 24.4 Å². The first-order valence-corrected chi connectivity index (χ1v) is 4.50. The van der Waals surface area contributed by atoms with Crippen LogP contribution in [0.1, 0.15) is 18.1 Å². The highest BCUT2D eigenvalue weighted by Crippen LogP contribution is 2.19. The summed E-state index contributed by atoms with van der Waals surface area (Å²) in [5.41, 5.74) is 2.49. The normalized spacial score (nSPS) is 10.0. The van der Waals surface area contributed by atoms with E-state index in [1.54, 1.807) is 12.3 Å². The summed E-state index contributed by atoms with van der Waals surface area (Å²) in [5, 5.41) is 17.7. The van der Waals surface area contributed by atoms with Crippen molar-refractivity contribution in [3.63, 3.8) is 0 Å². The summed E-state index contributed by atoms with van der Waals surface area (Å²) in [6, 6.07) is 7.80. The van der Waals surface area contributed by atoms with Crippen LogP contribution in [0.2, 0.25) is 0 Å². The van der Waals surface area contributed by atoms with Gasteiger partial charge in [-0.25, -0.2) is 0 Å². The molecule has 0 saturated heterocycles. The molecule has 14 heavy (non-hydrogen) atoms. The first kappa shape index (κ1) is 8.64. The Bertz CT molecular complexity index is 511. The maximum absolute atomic E-state index is 8.88. The van der Waals surface area contributed by atoms with Crippen LogP contribution in [0, 0.1) is 11.3 Å². The van der Waals surface area contributed by atoms with Crippen molar-refractivity contribution in [2.24, 2.45) is 0 Å². The summed E-state index contributed by atoms with van der Waals surface area (Å²) >= 11 is 0. The molecule has 3 nitrogen and oxygen atoms in total. The van der Waals surface area contributed by atoms with Crippen molar-refractivity contribution in [1.29, 1.82) is 5.26 Å². The fourth-order valence-electron chi connectivity index (χ4n) is 1.54. The number of aromatic nitrogens is 2. The molecule has 0 aliphatic rings. The van der Waals surface area contributed by atoms with Crippen LogP contribution in [0.3, 0.4) is 0 Å². The van der Waals surface area contributed by atoms with E-state index in [1.165, 1.54) is 5.56 Å². The van der Waals surface area contributed by atoms with Crippen LogP contribution in [-0.4, -0.2) is 10.2 Å². The minimum absolute atomic E-state index is 0.588. The highest BCUT2D eigenvalue weighted by Gasteiger charge is 2.05. The van der Waals surface area contributed by atoms with Crippen LogP contribution in [0.5, 0.6) is 0 Å². The molecule has 68 valence electrons. The van der Waals surface area contributed by atoms with Gasteiger partial charge in [0.1, 0.15) is 11.6 Å². The molecule has 0 bridgehead atoms. The minimum atomic E-state index is 0.588. The van der Waals surface area contributed by atoms with Gasteiger partial charge in [-0.1, -0.05) is 13.0 Å². The molecule has 2 rings (SSSR count). The lowest BCUT2D eigenvalue weighted by Crippen LogP contribution is -1.91. The molecule has 0 radical (unpaired) electrons. The van der Waals surface area contributed by atoms with Gasteiger partial charge >= 0.3 is 0 Å². The van der Waals surface area contributed by atoms with Gasteiger partial charge in [-0.3, -0.25) is 0 Å². The van der Waals surface area contributed by atoms with E-state index in [-0.39, 0.29) is 0 Å². The summed E-state index contributed by atoms with van der Waals surface area (Å²) < 4.78 is 0. The molecule has 0 fully saturated rings. The van der Waals surface area contributed by atoms with Crippen LogP contribution < -0.4 is 0 Å². The Labute approximate surface area is 82.0 Å². The van der Waals surface area contributed by atoms with Crippen LogP contribution in [-0.2, 0) is 6.42 Å². The second kappa shape index (κ2) is 3.43. The third-order valence-electron chi connectivity index (χ3n) is 2.27. The molecule has 0 unspecified atom stereocenters. The number of fused-ring (bicyclic) bond motifs is 1. The van der Waals surface area contributed by atoms with Crippen molar-refractivity contribution >= 4 is 10.9 Å². The molecule has 0 saturated carbocycles. The van der Waals surface area contributed by atoms with Crippen LogP contribution in [0.4, 0.5) is 0 Å². The predicted octanol–water partition coefficient (Wildman–Crippen LogP) is 2.06. The first-order valence-electron chi connectivity index (χ1n) is 4.50. The van der Waals surface area contributed by atoms with E-state index in [2.05, 4.69) is 23.2 Å². The van der Waals surface area contributed by atoms with Gasteiger partial charge in [0.05, 0.1) is 11.8 Å². The largest absolute Gasteiger partial charge is 0.192 e. The zero-order chi connectivity index (χ0) is 9.97. The van der Waals surface area contributed by atoms with Gasteiger partial charge in [-0.15, -0.1) is 5.10 Å². The summed E-state index contributed by atoms with van der Waals surface area (Å²) in [5.74, 6) is 0. The summed E-state index contributed by atoms with van der Waals surface area (Å²) in [6.45, 7) is 2.08. The molecule has 0 spiro atoms. The first-order chi connectivity index (χ1) is 6.86. The van der Waals surface area contributed by atoms with Crippen molar-refractivity contribution in [2.75, 3.05) is 0 Å². The van der Waals surface area contributed by atoms with E-state index >= 15 is 0 Å². The number of aryl methyl sites for hydroxylation is 1. The molecule has 1 aromatic carbocycles. The maximum Gasteiger partial charge on any atom is 0.111 e. The number of hydrogen-bond acceptors (Lipinski definition) is 3. The number of benzene rings is 1. The van der Waals surface area contributed by atoms with Gasteiger partial charge in [0.2, 0.25) is 0 Å². The summed E-state index contributed by atoms with van der Waals surface area (Å²) in [4.78, 5) is 0. The molecular weight excluding hydrogens is 174 g/mol. The zero-order valence-corrected chi connectivity index (χ0v) is 7.86. The van der Waals surface area contributed by atoms with Gasteiger partial charge < -0.3 is 0 Å². The second-order valence-corrected chi connectivity index (χ2v) is 3.03. The average molecular weight is 183 g/mol. The Morgan fingerprint density at radius 1 is 1.36 bits per heavy atom. The second-order valence-electron chi connectivity index (χ2n) is 3.03. The Morgan fingerprint density at radius 2 is 2.21 bits per heavy atom. The number of nitriles is 1. The van der Waals surface area contributed by atoms with Crippen LogP contribution in [0.25, 0.3) is 10.9 Å². The average Bonchev–Trinajstić information content (AvgIpc) is 2.27. The van der Waals surface area contributed by atoms with Crippen molar-refractivity contribution < 1.29 is 0 Å². The third-order valence-corrected chi connectivity index (χ3v) is 2.27. The number of hydrogen-bond donors (Lipinski definition) is 0. The smallest absolute Gasteiger partial charge is 0.111 e. The standard InChI is InChI=1S/C11H9N3/c1-2-8-3-4-9(7-12)11-10(8)5-6-13-14-11/h3-6H,2H2,1H3. The Kier molecular flexibility index (Phi) is 2.11. The van der Waals surface area contributed by atoms with Gasteiger partial charge in [-0.2, -0.15) is 10.4 Å². The molecular formula is C11H9N3. The van der Waals surface area contributed by atoms with Crippen molar-refractivity contribution in [1.82, 2.24) is 10.2 Å².